The van der Waals surface area contributed by atoms with Crippen LogP contribution in [0.4, 0.5) is 4.39 Å². The molecule has 1 aromatic rings. The minimum atomic E-state index is -1.17. The van der Waals surface area contributed by atoms with Crippen molar-refractivity contribution in [2.24, 2.45) is 0 Å². The van der Waals surface area contributed by atoms with Crippen LogP contribution in [0.2, 0.25) is 0 Å². The molecule has 0 radical (unpaired) electrons. The van der Waals surface area contributed by atoms with E-state index in [1.165, 1.54) is 12.1 Å². The minimum Gasteiger partial charge on any atom is -0.492 e. The van der Waals surface area contributed by atoms with Gasteiger partial charge in [0, 0.05) is 11.0 Å². The Hall–Kier alpha value is -1.11. The van der Waals surface area contributed by atoms with Gasteiger partial charge in [-0.15, -0.1) is 0 Å². The second-order valence-electron chi connectivity index (χ2n) is 3.83. The van der Waals surface area contributed by atoms with Gasteiger partial charge in [-0.1, -0.05) is 6.92 Å². The van der Waals surface area contributed by atoms with E-state index in [0.717, 1.165) is 0 Å². The second kappa shape index (κ2) is 5.04. The van der Waals surface area contributed by atoms with Gasteiger partial charge in [-0.25, -0.2) is 4.39 Å². The highest BCUT2D eigenvalue weighted by Crippen LogP contribution is 2.31. The molecule has 0 amide bonds. The Kier molecular flexibility index (Phi) is 3.66. The zero-order valence-corrected chi connectivity index (χ0v) is 9.52. The van der Waals surface area contributed by atoms with Gasteiger partial charge in [0.15, 0.2) is 0 Å². The van der Waals surface area contributed by atoms with Gasteiger partial charge in [0.1, 0.15) is 18.2 Å². The van der Waals surface area contributed by atoms with E-state index in [2.05, 4.69) is 0 Å². The van der Waals surface area contributed by atoms with Crippen molar-refractivity contribution in [1.82, 2.24) is 0 Å². The van der Waals surface area contributed by atoms with Crippen molar-refractivity contribution in [1.29, 1.82) is 0 Å². The van der Waals surface area contributed by atoms with E-state index in [1.54, 1.807) is 0 Å². The molecule has 0 saturated heterocycles. The monoisotopic (exact) mass is 240 g/mol. The third-order valence-corrected chi connectivity index (χ3v) is 2.78. The Morgan fingerprint density at radius 1 is 1.53 bits per heavy atom. The number of benzene rings is 1. The molecule has 0 fully saturated rings. The van der Waals surface area contributed by atoms with Crippen molar-refractivity contribution in [3.05, 3.63) is 23.5 Å². The van der Waals surface area contributed by atoms with Crippen molar-refractivity contribution >= 4 is 12.6 Å². The quantitative estimate of drug-likeness (QED) is 0.746. The van der Waals surface area contributed by atoms with Crippen LogP contribution in [0.1, 0.15) is 25.0 Å². The average Bonchev–Trinajstić information content (AvgIpc) is 2.67. The molecule has 1 atom stereocenters. The Morgan fingerprint density at radius 2 is 2.29 bits per heavy atom. The molecule has 0 bridgehead atoms. The molecule has 1 aromatic carbocycles. The predicted octanol–water partition coefficient (Wildman–Crippen LogP) is 0.366. The van der Waals surface area contributed by atoms with E-state index in [4.69, 9.17) is 14.5 Å². The van der Waals surface area contributed by atoms with Crippen molar-refractivity contribution in [3.8, 4) is 5.75 Å². The van der Waals surface area contributed by atoms with Gasteiger partial charge in [0.05, 0.1) is 12.7 Å². The van der Waals surface area contributed by atoms with Gasteiger partial charge >= 0.3 is 7.12 Å². The van der Waals surface area contributed by atoms with Crippen molar-refractivity contribution in [2.45, 2.75) is 19.4 Å². The molecule has 4 nitrogen and oxygen atoms in total. The second-order valence-corrected chi connectivity index (χ2v) is 3.83. The molecule has 1 heterocycles. The Balaban J connectivity index is 2.42. The summed E-state index contributed by atoms with van der Waals surface area (Å²) in [5.41, 5.74) is 0.695. The summed E-state index contributed by atoms with van der Waals surface area (Å²) < 4.78 is 24.2. The first-order valence-electron chi connectivity index (χ1n) is 5.58. The molecule has 1 aliphatic heterocycles. The van der Waals surface area contributed by atoms with Crippen molar-refractivity contribution in [2.75, 3.05) is 13.2 Å². The first kappa shape index (κ1) is 12.4. The highest BCUT2D eigenvalue weighted by molar-refractivity contribution is 6.62. The average molecular weight is 240 g/mol. The van der Waals surface area contributed by atoms with Crippen LogP contribution in [0.25, 0.3) is 0 Å². The lowest BCUT2D eigenvalue weighted by Crippen LogP contribution is -2.30. The number of rotatable bonds is 4. The summed E-state index contributed by atoms with van der Waals surface area (Å²) >= 11 is 0. The topological polar surface area (TPSA) is 58.9 Å². The smallest absolute Gasteiger partial charge is 0.492 e. The van der Waals surface area contributed by atoms with Crippen LogP contribution in [0.15, 0.2) is 12.1 Å². The van der Waals surface area contributed by atoms with Crippen molar-refractivity contribution < 1.29 is 23.9 Å². The van der Waals surface area contributed by atoms with Gasteiger partial charge in [0.2, 0.25) is 0 Å². The maximum atomic E-state index is 13.7. The number of ether oxygens (including phenoxy) is 1. The molecule has 0 aromatic heterocycles. The molecule has 0 aliphatic carbocycles. The first-order valence-corrected chi connectivity index (χ1v) is 5.58. The molecule has 1 unspecified atom stereocenters. The SMILES string of the molecule is CCC1OB(O)c2c(OCCO)ccc(F)c21. The summed E-state index contributed by atoms with van der Waals surface area (Å²) in [5.74, 6) is -0.0429. The van der Waals surface area contributed by atoms with Crippen LogP contribution in [0.5, 0.6) is 5.75 Å². The largest absolute Gasteiger partial charge is 0.495 e. The fraction of sp³-hybridized carbons (Fsp3) is 0.455. The fourth-order valence-corrected chi connectivity index (χ4v) is 2.05. The third kappa shape index (κ3) is 2.16. The molecular formula is C11H14BFO4. The van der Waals surface area contributed by atoms with Crippen LogP contribution in [-0.4, -0.2) is 30.5 Å². The number of halogens is 1. The molecule has 17 heavy (non-hydrogen) atoms. The lowest BCUT2D eigenvalue weighted by atomic mass is 9.78. The fourth-order valence-electron chi connectivity index (χ4n) is 2.05. The molecule has 0 spiro atoms. The minimum absolute atomic E-state index is 0.0988. The summed E-state index contributed by atoms with van der Waals surface area (Å²) in [5, 5.41) is 18.5. The Bertz CT molecular complexity index is 413. The van der Waals surface area contributed by atoms with Gasteiger partial charge in [-0.05, 0) is 18.6 Å². The maximum Gasteiger partial charge on any atom is 0.495 e. The van der Waals surface area contributed by atoms with Crippen molar-refractivity contribution in [3.63, 3.8) is 0 Å². The number of hydrogen-bond acceptors (Lipinski definition) is 4. The van der Waals surface area contributed by atoms with Crippen LogP contribution in [0, 0.1) is 5.82 Å². The first-order chi connectivity index (χ1) is 8.19. The van der Waals surface area contributed by atoms with Crippen LogP contribution in [-0.2, 0) is 4.65 Å². The predicted molar refractivity (Wildman–Crippen MR) is 60.7 cm³/mol. The van der Waals surface area contributed by atoms with Gasteiger partial charge in [0.25, 0.3) is 0 Å². The van der Waals surface area contributed by atoms with Crippen LogP contribution in [0.3, 0.4) is 0 Å². The highest BCUT2D eigenvalue weighted by Gasteiger charge is 2.39. The zero-order valence-electron chi connectivity index (χ0n) is 9.52. The number of fused-ring (bicyclic) bond motifs is 1. The van der Waals surface area contributed by atoms with E-state index in [9.17, 15) is 9.41 Å². The lowest BCUT2D eigenvalue weighted by Gasteiger charge is -2.11. The molecule has 1 aliphatic rings. The zero-order chi connectivity index (χ0) is 12.4. The molecule has 2 rings (SSSR count). The van der Waals surface area contributed by atoms with E-state index in [1.807, 2.05) is 6.92 Å². The van der Waals surface area contributed by atoms with E-state index in [-0.39, 0.29) is 13.2 Å². The molecule has 6 heteroatoms. The third-order valence-electron chi connectivity index (χ3n) is 2.78. The van der Waals surface area contributed by atoms with Gasteiger partial charge < -0.3 is 19.5 Å². The van der Waals surface area contributed by atoms with Crippen LogP contribution >= 0.6 is 0 Å². The van der Waals surface area contributed by atoms with E-state index < -0.39 is 19.0 Å². The van der Waals surface area contributed by atoms with E-state index >= 15 is 0 Å². The Labute approximate surface area is 99.1 Å². The van der Waals surface area contributed by atoms with Gasteiger partial charge in [-0.3, -0.25) is 0 Å². The molecule has 2 N–H and O–H groups in total. The summed E-state index contributed by atoms with van der Waals surface area (Å²) in [4.78, 5) is 0. The Morgan fingerprint density at radius 3 is 2.94 bits per heavy atom. The summed E-state index contributed by atoms with van der Waals surface area (Å²) in [7, 11) is -1.17. The van der Waals surface area contributed by atoms with Gasteiger partial charge in [-0.2, -0.15) is 0 Å². The number of aliphatic hydroxyl groups is 1. The highest BCUT2D eigenvalue weighted by atomic mass is 19.1. The maximum absolute atomic E-state index is 13.7. The van der Waals surface area contributed by atoms with Crippen LogP contribution < -0.4 is 10.2 Å². The number of hydrogen-bond donors (Lipinski definition) is 2. The summed E-state index contributed by atoms with van der Waals surface area (Å²) in [6.07, 6.45) is 0.127. The summed E-state index contributed by atoms with van der Waals surface area (Å²) in [6, 6.07) is 2.73. The standard InChI is InChI=1S/C11H14BFO4/c1-2-8-10-7(13)3-4-9(16-6-5-14)11(10)12(15)17-8/h3-4,8,14-15H,2,5-6H2,1H3. The summed E-state index contributed by atoms with van der Waals surface area (Å²) in [6.45, 7) is 1.81. The lowest BCUT2D eigenvalue weighted by molar-refractivity contribution is 0.183. The number of aliphatic hydroxyl groups excluding tert-OH is 1. The molecule has 92 valence electrons. The normalized spacial score (nSPS) is 18.4. The van der Waals surface area contributed by atoms with E-state index in [0.29, 0.717) is 23.2 Å². The molecular weight excluding hydrogens is 226 g/mol. The molecule has 0 saturated carbocycles.